The van der Waals surface area contributed by atoms with E-state index in [9.17, 15) is 0 Å². The number of nitrogens with two attached hydrogens (primary N) is 1. The Hall–Kier alpha value is -1.22. The van der Waals surface area contributed by atoms with Crippen LogP contribution in [-0.2, 0) is 0 Å². The number of hydrogen-bond donors (Lipinski definition) is 1. The van der Waals surface area contributed by atoms with Gasteiger partial charge in [-0.2, -0.15) is 0 Å². The summed E-state index contributed by atoms with van der Waals surface area (Å²) in [5, 5.41) is 0. The molecular weight excluding hydrogens is 236 g/mol. The number of ether oxygens (including phenoxy) is 1. The van der Waals surface area contributed by atoms with Gasteiger partial charge >= 0.3 is 0 Å². The molecule has 1 rings (SSSR count). The maximum Gasteiger partial charge on any atom is 0.125 e. The standard InChI is InChI=1S/C16H28N2O/c1-11(17)15-13(9-8-10-14(15)19-7)18(6)12(2)16(3,4)5/h8-12H,17H2,1-7H3. The third-order valence-electron chi connectivity index (χ3n) is 3.93. The average Bonchev–Trinajstić information content (AvgIpc) is 2.34. The number of hydrogen-bond acceptors (Lipinski definition) is 3. The van der Waals surface area contributed by atoms with Crippen LogP contribution < -0.4 is 15.4 Å². The summed E-state index contributed by atoms with van der Waals surface area (Å²) in [5.74, 6) is 0.862. The fourth-order valence-electron chi connectivity index (χ4n) is 2.27. The van der Waals surface area contributed by atoms with Gasteiger partial charge in [-0.1, -0.05) is 26.8 Å². The minimum Gasteiger partial charge on any atom is -0.496 e. The van der Waals surface area contributed by atoms with Gasteiger partial charge in [0.15, 0.2) is 0 Å². The van der Waals surface area contributed by atoms with Crippen LogP contribution in [0, 0.1) is 5.41 Å². The van der Waals surface area contributed by atoms with Crippen molar-refractivity contribution in [3.63, 3.8) is 0 Å². The van der Waals surface area contributed by atoms with Gasteiger partial charge in [-0.25, -0.2) is 0 Å². The third-order valence-corrected chi connectivity index (χ3v) is 3.93. The van der Waals surface area contributed by atoms with Gasteiger partial charge in [0, 0.05) is 30.4 Å². The molecule has 0 aromatic heterocycles. The summed E-state index contributed by atoms with van der Waals surface area (Å²) in [5.41, 5.74) is 8.56. The van der Waals surface area contributed by atoms with Gasteiger partial charge in [0.25, 0.3) is 0 Å². The molecule has 1 aromatic rings. The normalized spacial score (nSPS) is 14.9. The minimum absolute atomic E-state index is 0.0548. The molecule has 0 saturated carbocycles. The zero-order chi connectivity index (χ0) is 14.8. The number of methoxy groups -OCH3 is 1. The summed E-state index contributed by atoms with van der Waals surface area (Å²) >= 11 is 0. The molecule has 0 amide bonds. The molecule has 0 aliphatic rings. The van der Waals surface area contributed by atoms with Crippen LogP contribution in [0.15, 0.2) is 18.2 Å². The fourth-order valence-corrected chi connectivity index (χ4v) is 2.27. The Bertz CT molecular complexity index is 421. The molecule has 2 unspecified atom stereocenters. The lowest BCUT2D eigenvalue weighted by molar-refractivity contribution is 0.328. The SMILES string of the molecule is COc1cccc(N(C)C(C)C(C)(C)C)c1C(C)N. The van der Waals surface area contributed by atoms with E-state index in [4.69, 9.17) is 10.5 Å². The molecule has 0 bridgehead atoms. The van der Waals surface area contributed by atoms with Crippen LogP contribution in [0.25, 0.3) is 0 Å². The predicted molar refractivity (Wildman–Crippen MR) is 82.9 cm³/mol. The highest BCUT2D eigenvalue weighted by atomic mass is 16.5. The first-order chi connectivity index (χ1) is 8.70. The molecule has 2 N–H and O–H groups in total. The van der Waals surface area contributed by atoms with E-state index >= 15 is 0 Å². The Morgan fingerprint density at radius 1 is 1.21 bits per heavy atom. The lowest BCUT2D eigenvalue weighted by atomic mass is 9.86. The van der Waals surface area contributed by atoms with Crippen molar-refractivity contribution in [3.8, 4) is 5.75 Å². The van der Waals surface area contributed by atoms with E-state index in [-0.39, 0.29) is 11.5 Å². The molecule has 1 aromatic carbocycles. The van der Waals surface area contributed by atoms with Crippen molar-refractivity contribution in [1.82, 2.24) is 0 Å². The maximum atomic E-state index is 6.13. The monoisotopic (exact) mass is 264 g/mol. The Kier molecular flexibility index (Phi) is 4.86. The second kappa shape index (κ2) is 5.83. The lowest BCUT2D eigenvalue weighted by Gasteiger charge is -2.38. The van der Waals surface area contributed by atoms with Crippen LogP contribution in [0.2, 0.25) is 0 Å². The topological polar surface area (TPSA) is 38.5 Å². The number of anilines is 1. The van der Waals surface area contributed by atoms with Crippen molar-refractivity contribution in [3.05, 3.63) is 23.8 Å². The highest BCUT2D eigenvalue weighted by Gasteiger charge is 2.26. The summed E-state index contributed by atoms with van der Waals surface area (Å²) in [6.07, 6.45) is 0. The molecule has 0 radical (unpaired) electrons. The van der Waals surface area contributed by atoms with Gasteiger partial charge in [-0.15, -0.1) is 0 Å². The van der Waals surface area contributed by atoms with Gasteiger partial charge in [-0.3, -0.25) is 0 Å². The van der Waals surface area contributed by atoms with Crippen molar-refractivity contribution in [2.24, 2.45) is 11.1 Å². The molecule has 3 heteroatoms. The first kappa shape index (κ1) is 15.8. The first-order valence-electron chi connectivity index (χ1n) is 6.85. The summed E-state index contributed by atoms with van der Waals surface area (Å²) in [6.45, 7) is 11.0. The molecule has 0 spiro atoms. The quantitative estimate of drug-likeness (QED) is 0.903. The first-order valence-corrected chi connectivity index (χ1v) is 6.85. The number of benzene rings is 1. The van der Waals surface area contributed by atoms with E-state index in [0.29, 0.717) is 6.04 Å². The summed E-state index contributed by atoms with van der Waals surface area (Å²) in [6, 6.07) is 6.45. The Labute approximate surface area is 117 Å². The van der Waals surface area contributed by atoms with E-state index < -0.39 is 0 Å². The van der Waals surface area contributed by atoms with Crippen molar-refractivity contribution in [1.29, 1.82) is 0 Å². The van der Waals surface area contributed by atoms with Crippen LogP contribution in [-0.4, -0.2) is 20.2 Å². The molecule has 0 saturated heterocycles. The maximum absolute atomic E-state index is 6.13. The van der Waals surface area contributed by atoms with E-state index in [0.717, 1.165) is 17.0 Å². The van der Waals surface area contributed by atoms with Crippen molar-refractivity contribution in [2.75, 3.05) is 19.1 Å². The summed E-state index contributed by atoms with van der Waals surface area (Å²) in [7, 11) is 3.81. The van der Waals surface area contributed by atoms with Crippen LogP contribution in [0.3, 0.4) is 0 Å². The van der Waals surface area contributed by atoms with Gasteiger partial charge in [0.1, 0.15) is 5.75 Å². The van der Waals surface area contributed by atoms with Gasteiger partial charge in [-0.05, 0) is 31.4 Å². The van der Waals surface area contributed by atoms with E-state index in [1.165, 1.54) is 0 Å². The fraction of sp³-hybridized carbons (Fsp3) is 0.625. The highest BCUT2D eigenvalue weighted by molar-refractivity contribution is 5.61. The Morgan fingerprint density at radius 2 is 1.79 bits per heavy atom. The highest BCUT2D eigenvalue weighted by Crippen LogP contribution is 2.36. The second-order valence-electron chi connectivity index (χ2n) is 6.33. The smallest absolute Gasteiger partial charge is 0.125 e. The molecule has 3 nitrogen and oxygen atoms in total. The van der Waals surface area contributed by atoms with Gasteiger partial charge in [0.05, 0.1) is 7.11 Å². The summed E-state index contributed by atoms with van der Waals surface area (Å²) < 4.78 is 5.46. The molecular formula is C16H28N2O. The Balaban J connectivity index is 3.27. The van der Waals surface area contributed by atoms with Gasteiger partial charge in [0.2, 0.25) is 0 Å². The third kappa shape index (κ3) is 3.41. The van der Waals surface area contributed by atoms with E-state index in [1.54, 1.807) is 7.11 Å². The average molecular weight is 264 g/mol. The molecule has 0 fully saturated rings. The van der Waals surface area contributed by atoms with E-state index in [1.807, 2.05) is 19.1 Å². The summed E-state index contributed by atoms with van der Waals surface area (Å²) in [4.78, 5) is 2.29. The molecule has 2 atom stereocenters. The number of rotatable bonds is 4. The van der Waals surface area contributed by atoms with Gasteiger partial charge < -0.3 is 15.4 Å². The van der Waals surface area contributed by atoms with Crippen LogP contribution in [0.4, 0.5) is 5.69 Å². The molecule has 108 valence electrons. The van der Waals surface area contributed by atoms with E-state index in [2.05, 4.69) is 45.7 Å². The van der Waals surface area contributed by atoms with Crippen molar-refractivity contribution in [2.45, 2.75) is 46.7 Å². The van der Waals surface area contributed by atoms with Crippen LogP contribution in [0.5, 0.6) is 5.75 Å². The van der Waals surface area contributed by atoms with Crippen LogP contribution in [0.1, 0.15) is 46.2 Å². The van der Waals surface area contributed by atoms with Crippen LogP contribution >= 0.6 is 0 Å². The molecule has 0 aliphatic carbocycles. The van der Waals surface area contributed by atoms with Crippen molar-refractivity contribution >= 4 is 5.69 Å². The predicted octanol–water partition coefficient (Wildman–Crippen LogP) is 3.59. The molecule has 19 heavy (non-hydrogen) atoms. The minimum atomic E-state index is -0.0548. The zero-order valence-corrected chi connectivity index (χ0v) is 13.3. The molecule has 0 aliphatic heterocycles. The number of nitrogens with zero attached hydrogens (tertiary/aromatic N) is 1. The van der Waals surface area contributed by atoms with Crippen molar-refractivity contribution < 1.29 is 4.74 Å². The largest absolute Gasteiger partial charge is 0.496 e. The zero-order valence-electron chi connectivity index (χ0n) is 13.3. The lowest BCUT2D eigenvalue weighted by Crippen LogP contribution is -2.40. The molecule has 0 heterocycles. The Morgan fingerprint density at radius 3 is 2.21 bits per heavy atom. The second-order valence-corrected chi connectivity index (χ2v) is 6.33.